The number of halogens is 2. The number of nitrogens with zero attached hydrogens (tertiary/aromatic N) is 2. The van der Waals surface area contributed by atoms with Gasteiger partial charge in [0.25, 0.3) is 11.5 Å². The quantitative estimate of drug-likeness (QED) is 0.124. The highest BCUT2D eigenvalue weighted by Crippen LogP contribution is 2.46. The van der Waals surface area contributed by atoms with Crippen LogP contribution in [0.5, 0.6) is 0 Å². The Morgan fingerprint density at radius 2 is 1.70 bits per heavy atom. The van der Waals surface area contributed by atoms with Crippen LogP contribution in [0.25, 0.3) is 0 Å². The molecule has 1 aromatic heterocycles. The van der Waals surface area contributed by atoms with Crippen molar-refractivity contribution in [2.75, 3.05) is 11.9 Å². The number of alkyl halides is 1. The number of carbonyl (C=O) groups is 1. The van der Waals surface area contributed by atoms with Gasteiger partial charge in [-0.05, 0) is 84.3 Å². The summed E-state index contributed by atoms with van der Waals surface area (Å²) in [5, 5.41) is 5.79. The summed E-state index contributed by atoms with van der Waals surface area (Å²) in [7, 11) is 0. The maximum absolute atomic E-state index is 15.7. The van der Waals surface area contributed by atoms with E-state index in [1.165, 1.54) is 10.8 Å². The van der Waals surface area contributed by atoms with Crippen LogP contribution < -0.4 is 16.2 Å². The second-order valence-electron chi connectivity index (χ2n) is 11.4. The van der Waals surface area contributed by atoms with E-state index >= 15 is 4.39 Å². The molecule has 0 radical (unpaired) electrons. The molecule has 224 valence electrons. The molecule has 1 atom stereocenters. The normalized spacial score (nSPS) is 14.6. The van der Waals surface area contributed by atoms with Gasteiger partial charge in [0, 0.05) is 18.4 Å². The lowest BCUT2D eigenvalue weighted by Gasteiger charge is -2.31. The Labute approximate surface area is 259 Å². The fraction of sp³-hybridized carbons (Fsp3) is 0.324. The monoisotopic (exact) mass is 646 g/mol. The molecule has 0 bridgehead atoms. The fourth-order valence-corrected chi connectivity index (χ4v) is 5.76. The average Bonchev–Trinajstić information content (AvgIpc) is 3.82. The van der Waals surface area contributed by atoms with E-state index in [0.717, 1.165) is 29.5 Å². The molecule has 4 aromatic rings. The zero-order chi connectivity index (χ0) is 30.5. The first-order chi connectivity index (χ1) is 20.7. The van der Waals surface area contributed by atoms with Gasteiger partial charge >= 0.3 is 0 Å². The van der Waals surface area contributed by atoms with Gasteiger partial charge < -0.3 is 15.4 Å². The summed E-state index contributed by atoms with van der Waals surface area (Å²) in [6.45, 7) is 5.19. The molecule has 2 N–H and O–H groups in total. The summed E-state index contributed by atoms with van der Waals surface area (Å²) in [5.74, 6) is -0.421. The molecule has 1 aliphatic carbocycles. The number of benzene rings is 3. The van der Waals surface area contributed by atoms with E-state index in [4.69, 9.17) is 4.74 Å². The maximum atomic E-state index is 15.7. The minimum absolute atomic E-state index is 0.105. The molecule has 9 heteroatoms. The molecular weight excluding hydrogens is 611 g/mol. The number of hydrogen-bond acceptors (Lipinski definition) is 5. The van der Waals surface area contributed by atoms with E-state index in [1.54, 1.807) is 30.3 Å². The molecule has 0 aliphatic heterocycles. The third-order valence-corrected chi connectivity index (χ3v) is 8.23. The molecule has 43 heavy (non-hydrogen) atoms. The number of aryl methyl sites for hydroxylation is 1. The minimum Gasteiger partial charge on any atom is -0.377 e. The van der Waals surface area contributed by atoms with Crippen LogP contribution in [0.3, 0.4) is 0 Å². The fourth-order valence-electron chi connectivity index (χ4n) is 5.38. The summed E-state index contributed by atoms with van der Waals surface area (Å²) in [6, 6.07) is 26.7. The lowest BCUT2D eigenvalue weighted by atomic mass is 9.88. The van der Waals surface area contributed by atoms with Crippen molar-refractivity contribution in [3.05, 3.63) is 128 Å². The summed E-state index contributed by atoms with van der Waals surface area (Å²) < 4.78 is 23.3. The van der Waals surface area contributed by atoms with E-state index < -0.39 is 28.8 Å². The highest BCUT2D eigenvalue weighted by atomic mass is 79.9. The number of rotatable bonds is 13. The van der Waals surface area contributed by atoms with Crippen LogP contribution in [0.4, 0.5) is 10.2 Å². The molecule has 1 heterocycles. The van der Waals surface area contributed by atoms with Crippen molar-refractivity contribution < 1.29 is 13.9 Å². The van der Waals surface area contributed by atoms with Crippen molar-refractivity contribution in [3.63, 3.8) is 0 Å². The Morgan fingerprint density at radius 3 is 2.40 bits per heavy atom. The van der Waals surface area contributed by atoms with Gasteiger partial charge in [0.05, 0.1) is 17.7 Å². The zero-order valence-corrected chi connectivity index (χ0v) is 25.9. The van der Waals surface area contributed by atoms with Crippen LogP contribution >= 0.6 is 15.9 Å². The first-order valence-electron chi connectivity index (χ1n) is 14.5. The van der Waals surface area contributed by atoms with Crippen LogP contribution in [0.1, 0.15) is 60.2 Å². The number of ether oxygens (including phenoxy) is 1. The van der Waals surface area contributed by atoms with Crippen LogP contribution in [0.15, 0.2) is 101 Å². The van der Waals surface area contributed by atoms with E-state index in [9.17, 15) is 9.59 Å². The zero-order valence-electron chi connectivity index (χ0n) is 24.4. The number of carbonyl (C=O) groups excluding carboxylic acids is 1. The molecule has 5 rings (SSSR count). The third kappa shape index (κ3) is 7.22. The van der Waals surface area contributed by atoms with Crippen LogP contribution in [-0.4, -0.2) is 28.4 Å². The van der Waals surface area contributed by atoms with Crippen LogP contribution in [-0.2, 0) is 28.8 Å². The summed E-state index contributed by atoms with van der Waals surface area (Å²) in [6.07, 6.45) is 2.22. The van der Waals surface area contributed by atoms with Crippen molar-refractivity contribution >= 4 is 27.7 Å². The van der Waals surface area contributed by atoms with Gasteiger partial charge in [-0.2, -0.15) is 0 Å². The molecule has 0 saturated heterocycles. The predicted molar refractivity (Wildman–Crippen MR) is 170 cm³/mol. The highest BCUT2D eigenvalue weighted by molar-refractivity contribution is 9.10. The van der Waals surface area contributed by atoms with Crippen molar-refractivity contribution in [2.24, 2.45) is 0 Å². The maximum Gasteiger partial charge on any atom is 0.294 e. The molecular formula is C34H36BrFN4O3. The highest BCUT2D eigenvalue weighted by Gasteiger charge is 2.54. The van der Waals surface area contributed by atoms with Crippen LogP contribution in [0.2, 0.25) is 0 Å². The van der Waals surface area contributed by atoms with Gasteiger partial charge in [-0.1, -0.05) is 72.8 Å². The molecule has 1 unspecified atom stereocenters. The summed E-state index contributed by atoms with van der Waals surface area (Å²) >= 11 is 3.41. The number of amides is 1. The van der Waals surface area contributed by atoms with Gasteiger partial charge in [-0.15, -0.1) is 0 Å². The van der Waals surface area contributed by atoms with Crippen molar-refractivity contribution in [2.45, 2.75) is 63.5 Å². The van der Waals surface area contributed by atoms with E-state index in [1.807, 2.05) is 62.4 Å². The van der Waals surface area contributed by atoms with E-state index in [2.05, 4.69) is 37.6 Å². The number of aromatic nitrogens is 2. The molecule has 7 nitrogen and oxygen atoms in total. The van der Waals surface area contributed by atoms with Crippen LogP contribution in [0, 0.1) is 0 Å². The number of anilines is 1. The summed E-state index contributed by atoms with van der Waals surface area (Å²) in [4.78, 5) is 30.8. The number of hydrogen-bond donors (Lipinski definition) is 2. The smallest absolute Gasteiger partial charge is 0.294 e. The van der Waals surface area contributed by atoms with Gasteiger partial charge in [0.2, 0.25) is 0 Å². The number of nitrogens with one attached hydrogen (secondary N) is 2. The average molecular weight is 648 g/mol. The molecule has 1 amide bonds. The second kappa shape index (κ2) is 13.2. The topological polar surface area (TPSA) is 85.3 Å². The van der Waals surface area contributed by atoms with Gasteiger partial charge in [0.15, 0.2) is 12.1 Å². The SMILES string of the molecule is CC(C)(Nc1nc(Br)cn(C2(C(F)NC(=O)c3ccccc3)CC2)c1=O)c1ccccc1CCCOCc1ccccc1. The van der Waals surface area contributed by atoms with Crippen molar-refractivity contribution in [1.29, 1.82) is 0 Å². The van der Waals surface area contributed by atoms with E-state index in [0.29, 0.717) is 36.2 Å². The molecule has 1 aliphatic rings. The Morgan fingerprint density at radius 1 is 1.05 bits per heavy atom. The third-order valence-electron chi connectivity index (χ3n) is 7.85. The molecule has 3 aromatic carbocycles. The molecule has 1 saturated carbocycles. The molecule has 1 fully saturated rings. The lowest BCUT2D eigenvalue weighted by Crippen LogP contribution is -2.47. The Bertz CT molecular complexity index is 1610. The van der Waals surface area contributed by atoms with Gasteiger partial charge in [-0.25, -0.2) is 9.37 Å². The first kappa shape index (κ1) is 30.6. The second-order valence-corrected chi connectivity index (χ2v) is 12.3. The largest absolute Gasteiger partial charge is 0.377 e. The Kier molecular flexibility index (Phi) is 9.42. The molecule has 0 spiro atoms. The Balaban J connectivity index is 1.29. The van der Waals surface area contributed by atoms with Gasteiger partial charge in [0.1, 0.15) is 4.60 Å². The standard InChI is InChI=1S/C34H36BrFN4O3/c1-33(2,27-18-10-9-14-25(27)17-11-21-43-23-24-12-5-3-6-13-24)39-29-31(42)40(22-28(35)37-29)34(19-20-34)32(36)38-30(41)26-15-7-4-8-16-26/h3-10,12-16,18,22,32H,11,17,19-21,23H2,1-2H3,(H,37,39)(H,38,41). The van der Waals surface area contributed by atoms with Crippen molar-refractivity contribution in [3.8, 4) is 0 Å². The Hall–Kier alpha value is -3.82. The predicted octanol–water partition coefficient (Wildman–Crippen LogP) is 6.72. The van der Waals surface area contributed by atoms with Gasteiger partial charge in [-0.3, -0.25) is 14.2 Å². The lowest BCUT2D eigenvalue weighted by molar-refractivity contribution is 0.0824. The minimum atomic E-state index is -1.75. The van der Waals surface area contributed by atoms with E-state index in [-0.39, 0.29) is 5.82 Å². The summed E-state index contributed by atoms with van der Waals surface area (Å²) in [5.41, 5.74) is 1.39. The first-order valence-corrected chi connectivity index (χ1v) is 15.3. The van der Waals surface area contributed by atoms with Crippen molar-refractivity contribution in [1.82, 2.24) is 14.9 Å².